The molecule has 0 aromatic heterocycles. The van der Waals surface area contributed by atoms with Crippen LogP contribution in [-0.4, -0.2) is 24.7 Å². The smallest absolute Gasteiger partial charge is 0.157 e. The zero-order chi connectivity index (χ0) is 13.5. The van der Waals surface area contributed by atoms with Crippen molar-refractivity contribution in [2.45, 2.75) is 38.4 Å². The van der Waals surface area contributed by atoms with Gasteiger partial charge in [0.15, 0.2) is 6.29 Å². The third-order valence-electron chi connectivity index (χ3n) is 3.30. The third-order valence-corrected chi connectivity index (χ3v) is 3.39. The maximum absolute atomic E-state index is 5.75. The normalized spacial score (nSPS) is 22.8. The molecule has 0 atom stereocenters. The van der Waals surface area contributed by atoms with E-state index in [9.17, 15) is 0 Å². The summed E-state index contributed by atoms with van der Waals surface area (Å²) in [6.07, 6.45) is 3.30. The number of ether oxygens (including phenoxy) is 2. The molecule has 1 aromatic rings. The van der Waals surface area contributed by atoms with Gasteiger partial charge in [-0.1, -0.05) is 25.5 Å². The first kappa shape index (κ1) is 14.4. The zero-order valence-corrected chi connectivity index (χ0v) is 12.0. The fraction of sp³-hybridized carbons (Fsp3) is 0.533. The standard InChI is InChI=1S/C15H19NO2S/c1-2-3-4-15-17-9-13(10-18-15)12-5-7-14(8-6-12)16-11-19/h5-8,13,15H,2-4,9-10H2,1H3. The summed E-state index contributed by atoms with van der Waals surface area (Å²) >= 11 is 4.58. The van der Waals surface area contributed by atoms with E-state index < -0.39 is 0 Å². The second-order valence-electron chi connectivity index (χ2n) is 4.73. The molecule has 102 valence electrons. The molecule has 1 saturated heterocycles. The van der Waals surface area contributed by atoms with Crippen molar-refractivity contribution in [3.8, 4) is 0 Å². The molecule has 19 heavy (non-hydrogen) atoms. The van der Waals surface area contributed by atoms with Crippen molar-refractivity contribution in [3.05, 3.63) is 29.8 Å². The summed E-state index contributed by atoms with van der Waals surface area (Å²) in [7, 11) is 0. The van der Waals surface area contributed by atoms with Crippen LogP contribution in [0.3, 0.4) is 0 Å². The van der Waals surface area contributed by atoms with Gasteiger partial charge in [0.2, 0.25) is 0 Å². The fourth-order valence-corrected chi connectivity index (χ4v) is 2.25. The predicted molar refractivity (Wildman–Crippen MR) is 79.1 cm³/mol. The molecule has 0 bridgehead atoms. The van der Waals surface area contributed by atoms with Crippen LogP contribution in [-0.2, 0) is 9.47 Å². The Balaban J connectivity index is 1.88. The lowest BCUT2D eigenvalue weighted by molar-refractivity contribution is -0.190. The molecule has 1 aliphatic heterocycles. The minimum Gasteiger partial charge on any atom is -0.352 e. The van der Waals surface area contributed by atoms with Gasteiger partial charge in [-0.15, -0.1) is 0 Å². The van der Waals surface area contributed by atoms with E-state index in [1.165, 1.54) is 12.0 Å². The van der Waals surface area contributed by atoms with Crippen molar-refractivity contribution in [1.82, 2.24) is 0 Å². The molecule has 1 fully saturated rings. The molecule has 1 aliphatic rings. The first-order valence-corrected chi connectivity index (χ1v) is 7.15. The monoisotopic (exact) mass is 277 g/mol. The molecule has 1 aromatic carbocycles. The molecular weight excluding hydrogens is 258 g/mol. The lowest BCUT2D eigenvalue weighted by atomic mass is 10.00. The van der Waals surface area contributed by atoms with E-state index in [1.54, 1.807) is 0 Å². The highest BCUT2D eigenvalue weighted by Crippen LogP contribution is 2.25. The summed E-state index contributed by atoms with van der Waals surface area (Å²) in [5, 5.41) is 2.37. The molecule has 0 unspecified atom stereocenters. The molecule has 0 saturated carbocycles. The van der Waals surface area contributed by atoms with Crippen LogP contribution < -0.4 is 0 Å². The van der Waals surface area contributed by atoms with Crippen LogP contribution in [0.25, 0.3) is 0 Å². The second kappa shape index (κ2) is 7.51. The molecule has 0 aliphatic carbocycles. The van der Waals surface area contributed by atoms with Gasteiger partial charge in [-0.25, -0.2) is 0 Å². The highest BCUT2D eigenvalue weighted by Gasteiger charge is 2.22. The van der Waals surface area contributed by atoms with E-state index >= 15 is 0 Å². The number of benzene rings is 1. The van der Waals surface area contributed by atoms with Gasteiger partial charge < -0.3 is 9.47 Å². The van der Waals surface area contributed by atoms with E-state index in [4.69, 9.17) is 9.47 Å². The van der Waals surface area contributed by atoms with Gasteiger partial charge in [0.25, 0.3) is 0 Å². The Bertz CT molecular complexity index is 432. The van der Waals surface area contributed by atoms with E-state index in [2.05, 4.69) is 41.4 Å². The number of thiocarbonyl (C=S) groups is 1. The van der Waals surface area contributed by atoms with Crippen LogP contribution in [0.5, 0.6) is 0 Å². The third kappa shape index (κ3) is 4.22. The molecule has 0 N–H and O–H groups in total. The Morgan fingerprint density at radius 3 is 2.53 bits per heavy atom. The van der Waals surface area contributed by atoms with E-state index in [1.807, 2.05) is 12.1 Å². The maximum atomic E-state index is 5.75. The average molecular weight is 277 g/mol. The molecule has 4 heteroatoms. The number of hydrogen-bond donors (Lipinski definition) is 0. The predicted octanol–water partition coefficient (Wildman–Crippen LogP) is 4.07. The average Bonchev–Trinajstić information content (AvgIpc) is 2.47. The number of hydrogen-bond acceptors (Lipinski definition) is 4. The maximum Gasteiger partial charge on any atom is 0.157 e. The molecule has 3 nitrogen and oxygen atoms in total. The Morgan fingerprint density at radius 2 is 1.95 bits per heavy atom. The van der Waals surface area contributed by atoms with E-state index in [-0.39, 0.29) is 6.29 Å². The first-order chi connectivity index (χ1) is 9.33. The van der Waals surface area contributed by atoms with Crippen LogP contribution in [0.15, 0.2) is 29.3 Å². The van der Waals surface area contributed by atoms with Gasteiger partial charge >= 0.3 is 0 Å². The highest BCUT2D eigenvalue weighted by molar-refractivity contribution is 7.78. The van der Waals surface area contributed by atoms with Crippen molar-refractivity contribution in [3.63, 3.8) is 0 Å². The summed E-state index contributed by atoms with van der Waals surface area (Å²) in [4.78, 5) is 3.94. The summed E-state index contributed by atoms with van der Waals surface area (Å²) in [5.74, 6) is 0.309. The SMILES string of the molecule is CCCCC1OCC(c2ccc(N=C=S)cc2)CO1. The van der Waals surface area contributed by atoms with Crippen molar-refractivity contribution in [1.29, 1.82) is 0 Å². The number of isothiocyanates is 1. The molecule has 0 amide bonds. The Kier molecular flexibility index (Phi) is 5.67. The first-order valence-electron chi connectivity index (χ1n) is 6.74. The quantitative estimate of drug-likeness (QED) is 0.600. The topological polar surface area (TPSA) is 30.8 Å². The number of nitrogens with zero attached hydrogens (tertiary/aromatic N) is 1. The lowest BCUT2D eigenvalue weighted by Crippen LogP contribution is -2.30. The summed E-state index contributed by atoms with van der Waals surface area (Å²) < 4.78 is 11.5. The fourth-order valence-electron chi connectivity index (χ4n) is 2.15. The largest absolute Gasteiger partial charge is 0.352 e. The van der Waals surface area contributed by atoms with Crippen molar-refractivity contribution >= 4 is 23.1 Å². The van der Waals surface area contributed by atoms with Crippen molar-refractivity contribution < 1.29 is 9.47 Å². The summed E-state index contributed by atoms with van der Waals surface area (Å²) in [6.45, 7) is 3.63. The number of unbranched alkanes of at least 4 members (excludes halogenated alkanes) is 1. The molecule has 0 radical (unpaired) electrons. The molecule has 0 spiro atoms. The second-order valence-corrected chi connectivity index (χ2v) is 4.91. The Hall–Kier alpha value is -1.06. The van der Waals surface area contributed by atoms with Gasteiger partial charge in [-0.2, -0.15) is 4.99 Å². The van der Waals surface area contributed by atoms with Crippen LogP contribution in [0.1, 0.15) is 37.7 Å². The molecule has 1 heterocycles. The highest BCUT2D eigenvalue weighted by atomic mass is 32.1. The number of rotatable bonds is 5. The number of aliphatic imine (C=N–C) groups is 1. The van der Waals surface area contributed by atoms with Gasteiger partial charge in [-0.05, 0) is 42.8 Å². The minimum atomic E-state index is -0.0186. The Morgan fingerprint density at radius 1 is 1.26 bits per heavy atom. The van der Waals surface area contributed by atoms with Crippen LogP contribution in [0.4, 0.5) is 5.69 Å². The van der Waals surface area contributed by atoms with Crippen LogP contribution in [0.2, 0.25) is 0 Å². The Labute approximate surface area is 119 Å². The molecular formula is C15H19NO2S. The van der Waals surface area contributed by atoms with Crippen LogP contribution >= 0.6 is 12.2 Å². The lowest BCUT2D eigenvalue weighted by Gasteiger charge is -2.29. The van der Waals surface area contributed by atoms with Crippen molar-refractivity contribution in [2.75, 3.05) is 13.2 Å². The minimum absolute atomic E-state index is 0.0186. The van der Waals surface area contributed by atoms with Gasteiger partial charge in [0.1, 0.15) is 0 Å². The molecule has 2 rings (SSSR count). The van der Waals surface area contributed by atoms with E-state index in [0.717, 1.165) is 31.7 Å². The zero-order valence-electron chi connectivity index (χ0n) is 11.2. The van der Waals surface area contributed by atoms with Gasteiger partial charge in [-0.3, -0.25) is 0 Å². The van der Waals surface area contributed by atoms with Crippen molar-refractivity contribution in [2.24, 2.45) is 4.99 Å². The summed E-state index contributed by atoms with van der Waals surface area (Å²) in [6, 6.07) is 7.99. The van der Waals surface area contributed by atoms with E-state index in [0.29, 0.717) is 5.92 Å². The van der Waals surface area contributed by atoms with Gasteiger partial charge in [0.05, 0.1) is 24.1 Å². The summed E-state index contributed by atoms with van der Waals surface area (Å²) in [5.41, 5.74) is 2.05. The van der Waals surface area contributed by atoms with Crippen LogP contribution in [0, 0.1) is 0 Å². The van der Waals surface area contributed by atoms with Gasteiger partial charge in [0, 0.05) is 5.92 Å².